The minimum absolute atomic E-state index is 0.0262. The number of rotatable bonds is 5. The first-order chi connectivity index (χ1) is 17.2. The monoisotopic (exact) mass is 520 g/mol. The van der Waals surface area contributed by atoms with Gasteiger partial charge in [0.2, 0.25) is 6.29 Å². The predicted molar refractivity (Wildman–Crippen MR) is 124 cm³/mol. The molecule has 8 atom stereocenters. The Labute approximate surface area is 210 Å². The molecule has 0 aromatic heterocycles. The van der Waals surface area contributed by atoms with Gasteiger partial charge in [-0.3, -0.25) is 9.59 Å². The molecule has 2 aromatic carbocycles. The fourth-order valence-electron chi connectivity index (χ4n) is 5.28. The van der Waals surface area contributed by atoms with E-state index in [-0.39, 0.29) is 28.7 Å². The molecule has 12 nitrogen and oxygen atoms in total. The molecular weight excluding hydrogens is 492 g/mol. The summed E-state index contributed by atoms with van der Waals surface area (Å²) in [5, 5.41) is 62.3. The van der Waals surface area contributed by atoms with Gasteiger partial charge in [-0.2, -0.15) is 0 Å². The van der Waals surface area contributed by atoms with Crippen LogP contribution in [0.5, 0.6) is 11.5 Å². The highest BCUT2D eigenvalue weighted by Crippen LogP contribution is 2.49. The van der Waals surface area contributed by atoms with Gasteiger partial charge in [0.1, 0.15) is 35.9 Å². The summed E-state index contributed by atoms with van der Waals surface area (Å²) in [4.78, 5) is 36.1. The number of aliphatic carboxylic acids is 1. The van der Waals surface area contributed by atoms with E-state index in [0.29, 0.717) is 5.39 Å². The van der Waals surface area contributed by atoms with E-state index in [9.17, 15) is 45.0 Å². The third-order valence-electron chi connectivity index (χ3n) is 6.81. The molecule has 4 rings (SSSR count). The molecular formula is C25H28O12. The summed E-state index contributed by atoms with van der Waals surface area (Å²) in [7, 11) is 0. The summed E-state index contributed by atoms with van der Waals surface area (Å²) in [6, 6.07) is 6.02. The number of phenols is 1. The second-order valence-electron chi connectivity index (χ2n) is 9.65. The molecule has 12 heteroatoms. The van der Waals surface area contributed by atoms with Crippen LogP contribution in [0.15, 0.2) is 24.3 Å². The maximum Gasteiger partial charge on any atom is 0.335 e. The lowest BCUT2D eigenvalue weighted by atomic mass is 9.69. The molecule has 0 radical (unpaired) electrons. The molecule has 1 saturated heterocycles. The van der Waals surface area contributed by atoms with Gasteiger partial charge in [-0.05, 0) is 36.9 Å². The topological polar surface area (TPSA) is 200 Å². The molecule has 200 valence electrons. The molecule has 1 aliphatic heterocycles. The quantitative estimate of drug-likeness (QED) is 0.293. The molecule has 1 fully saturated rings. The number of hydrogen-bond acceptors (Lipinski definition) is 11. The van der Waals surface area contributed by atoms with Crippen LogP contribution in [0.3, 0.4) is 0 Å². The van der Waals surface area contributed by atoms with Crippen molar-refractivity contribution in [1.29, 1.82) is 0 Å². The Kier molecular flexibility index (Phi) is 6.90. The summed E-state index contributed by atoms with van der Waals surface area (Å²) in [5.74, 6) is -4.21. The lowest BCUT2D eigenvalue weighted by Gasteiger charge is -2.41. The fourth-order valence-corrected chi connectivity index (χ4v) is 5.28. The van der Waals surface area contributed by atoms with E-state index in [2.05, 4.69) is 0 Å². The number of ketones is 1. The van der Waals surface area contributed by atoms with Crippen LogP contribution in [0.4, 0.5) is 0 Å². The second kappa shape index (κ2) is 9.54. The molecule has 6 N–H and O–H groups in total. The molecule has 2 aromatic rings. The number of esters is 1. The summed E-state index contributed by atoms with van der Waals surface area (Å²) in [5.41, 5.74) is -1.44. The molecule has 0 amide bonds. The molecule has 2 aliphatic rings. The van der Waals surface area contributed by atoms with Crippen molar-refractivity contribution in [2.75, 3.05) is 0 Å². The number of aliphatic hydroxyl groups excluding tert-OH is 3. The van der Waals surface area contributed by atoms with Crippen LogP contribution in [0.1, 0.15) is 49.0 Å². The van der Waals surface area contributed by atoms with Crippen molar-refractivity contribution in [3.8, 4) is 11.5 Å². The number of Topliss-reactive ketones (excluding diaryl/α,β-unsaturated/α-hetero) is 1. The van der Waals surface area contributed by atoms with Gasteiger partial charge < -0.3 is 44.8 Å². The Hall–Kier alpha value is -3.29. The van der Waals surface area contributed by atoms with Crippen molar-refractivity contribution in [2.45, 2.75) is 75.5 Å². The molecule has 0 unspecified atom stereocenters. The van der Waals surface area contributed by atoms with Gasteiger partial charge in [0.25, 0.3) is 0 Å². The van der Waals surface area contributed by atoms with Crippen LogP contribution in [-0.4, -0.2) is 90.8 Å². The normalized spacial score (nSPS) is 32.5. The Morgan fingerprint density at radius 2 is 1.84 bits per heavy atom. The zero-order valence-electron chi connectivity index (χ0n) is 20.2. The molecule has 1 aliphatic carbocycles. The van der Waals surface area contributed by atoms with Crippen LogP contribution in [0.2, 0.25) is 0 Å². The first kappa shape index (κ1) is 26.8. The van der Waals surface area contributed by atoms with Gasteiger partial charge in [0.15, 0.2) is 11.9 Å². The van der Waals surface area contributed by atoms with Crippen LogP contribution in [0.25, 0.3) is 10.8 Å². The van der Waals surface area contributed by atoms with Gasteiger partial charge in [0.05, 0.1) is 22.5 Å². The number of ether oxygens (including phenoxy) is 3. The molecule has 37 heavy (non-hydrogen) atoms. The maximum absolute atomic E-state index is 13.0. The molecule has 0 spiro atoms. The highest BCUT2D eigenvalue weighted by atomic mass is 16.7. The van der Waals surface area contributed by atoms with Gasteiger partial charge >= 0.3 is 11.9 Å². The van der Waals surface area contributed by atoms with Crippen LogP contribution in [-0.2, 0) is 19.1 Å². The lowest BCUT2D eigenvalue weighted by molar-refractivity contribution is -0.270. The van der Waals surface area contributed by atoms with Gasteiger partial charge in [-0.25, -0.2) is 4.79 Å². The number of fused-ring (bicyclic) bond motifs is 2. The van der Waals surface area contributed by atoms with E-state index in [1.807, 2.05) is 0 Å². The van der Waals surface area contributed by atoms with E-state index in [0.717, 1.165) is 0 Å². The average molecular weight is 520 g/mol. The number of phenolic OH excluding ortho intramolecular Hbond substituents is 1. The van der Waals surface area contributed by atoms with Crippen molar-refractivity contribution in [2.24, 2.45) is 0 Å². The zero-order chi connectivity index (χ0) is 27.4. The van der Waals surface area contributed by atoms with Crippen molar-refractivity contribution < 1.29 is 59.2 Å². The number of carbonyl (C=O) groups excluding carboxylic acids is 2. The lowest BCUT2D eigenvalue weighted by Crippen LogP contribution is -2.61. The fraction of sp³-hybridized carbons (Fsp3) is 0.480. The Morgan fingerprint density at radius 1 is 1.16 bits per heavy atom. The number of hydrogen-bond donors (Lipinski definition) is 6. The van der Waals surface area contributed by atoms with Crippen molar-refractivity contribution in [1.82, 2.24) is 0 Å². The first-order valence-corrected chi connectivity index (χ1v) is 11.5. The van der Waals surface area contributed by atoms with Gasteiger partial charge in [-0.1, -0.05) is 12.1 Å². The molecule has 0 bridgehead atoms. The Balaban J connectivity index is 1.82. The van der Waals surface area contributed by atoms with E-state index in [4.69, 9.17) is 14.2 Å². The highest BCUT2D eigenvalue weighted by molar-refractivity contribution is 6.09. The van der Waals surface area contributed by atoms with E-state index in [1.54, 1.807) is 19.1 Å². The van der Waals surface area contributed by atoms with Crippen LogP contribution < -0.4 is 4.74 Å². The van der Waals surface area contributed by atoms with E-state index < -0.39 is 71.8 Å². The largest absolute Gasteiger partial charge is 0.506 e. The second-order valence-corrected chi connectivity index (χ2v) is 9.65. The highest BCUT2D eigenvalue weighted by Gasteiger charge is 2.49. The number of carbonyl (C=O) groups is 3. The van der Waals surface area contributed by atoms with Crippen LogP contribution in [0, 0.1) is 0 Å². The summed E-state index contributed by atoms with van der Waals surface area (Å²) in [6.45, 7) is 4.23. The van der Waals surface area contributed by atoms with Crippen molar-refractivity contribution in [3.05, 3.63) is 35.4 Å². The molecule has 0 saturated carbocycles. The average Bonchev–Trinajstić information content (AvgIpc) is 2.77. The number of benzene rings is 2. The van der Waals surface area contributed by atoms with E-state index in [1.165, 1.54) is 26.0 Å². The van der Waals surface area contributed by atoms with Gasteiger partial charge in [0, 0.05) is 13.3 Å². The van der Waals surface area contributed by atoms with Crippen molar-refractivity contribution >= 4 is 28.5 Å². The minimum atomic E-state index is -1.91. The third-order valence-corrected chi connectivity index (χ3v) is 6.81. The third kappa shape index (κ3) is 4.62. The summed E-state index contributed by atoms with van der Waals surface area (Å²) in [6.07, 6.45) is -10.5. The number of aromatic hydroxyl groups is 1. The first-order valence-electron chi connectivity index (χ1n) is 11.5. The summed E-state index contributed by atoms with van der Waals surface area (Å²) < 4.78 is 16.1. The summed E-state index contributed by atoms with van der Waals surface area (Å²) >= 11 is 0. The SMILES string of the molecule is CC(=O)O[C@H](C)[C@@H]1c2cc3cccc(O[C@@H]4O[C@H](C(=O)O)[C@@H](O)[C@H](O)[C@H]4O)c3c(O)c2C(=O)C[C@]1(C)O. The number of carboxylic acids is 1. The number of aliphatic hydroxyl groups is 4. The smallest absolute Gasteiger partial charge is 0.335 e. The van der Waals surface area contributed by atoms with Crippen LogP contribution >= 0.6 is 0 Å². The van der Waals surface area contributed by atoms with Crippen molar-refractivity contribution in [3.63, 3.8) is 0 Å². The number of carboxylic acid groups (broad SMARTS) is 1. The zero-order valence-corrected chi connectivity index (χ0v) is 20.2. The maximum atomic E-state index is 13.0. The minimum Gasteiger partial charge on any atom is -0.506 e. The predicted octanol–water partition coefficient (Wildman–Crippen LogP) is 0.189. The van der Waals surface area contributed by atoms with E-state index >= 15 is 0 Å². The Bertz CT molecular complexity index is 1250. The van der Waals surface area contributed by atoms with Gasteiger partial charge in [-0.15, -0.1) is 0 Å². The standard InChI is InChI=1S/C25H28O12/c1-9(35-10(2)26)17-12-7-11-5-4-6-14(15(11)18(28)16(12)13(27)8-25(17,3)34)36-24-21(31)19(29)20(30)22(37-24)23(32)33/h4-7,9,17,19-22,24,28-31,34H,8H2,1-3H3,(H,32,33)/t9-,17-,19+,20+,21-,22+,24-,25+/m1/s1. The molecule has 1 heterocycles. The Morgan fingerprint density at radius 3 is 2.46 bits per heavy atom.